The molecule has 2 N–H and O–H groups in total. The Bertz CT molecular complexity index is 1320. The lowest BCUT2D eigenvalue weighted by atomic mass is 10.1. The highest BCUT2D eigenvalue weighted by atomic mass is 32.2. The summed E-state index contributed by atoms with van der Waals surface area (Å²) < 4.78 is 7.80. The van der Waals surface area contributed by atoms with Gasteiger partial charge in [0.1, 0.15) is 12.4 Å². The number of hydrogen-bond acceptors (Lipinski definition) is 6. The van der Waals surface area contributed by atoms with E-state index in [-0.39, 0.29) is 18.4 Å². The van der Waals surface area contributed by atoms with Crippen LogP contribution in [-0.2, 0) is 11.4 Å². The molecule has 3 aromatic carbocycles. The SMILES string of the molecule is Cc1ccc(OCc2nnc(SC(C)C(=O)NNC(=O)c3ccc(C)cc3)n2-c2ccccc2)cc1. The minimum Gasteiger partial charge on any atom is -0.486 e. The molecule has 4 aromatic rings. The van der Waals surface area contributed by atoms with Crippen molar-refractivity contribution >= 4 is 23.6 Å². The quantitative estimate of drug-likeness (QED) is 0.274. The third-order valence-electron chi connectivity index (χ3n) is 5.37. The van der Waals surface area contributed by atoms with E-state index in [4.69, 9.17) is 4.74 Å². The van der Waals surface area contributed by atoms with Crippen molar-refractivity contribution in [2.45, 2.75) is 37.8 Å². The van der Waals surface area contributed by atoms with Crippen molar-refractivity contribution in [1.82, 2.24) is 25.6 Å². The molecule has 1 unspecified atom stereocenters. The zero-order valence-corrected chi connectivity index (χ0v) is 21.1. The molecule has 184 valence electrons. The van der Waals surface area contributed by atoms with Crippen LogP contribution in [0.3, 0.4) is 0 Å². The molecule has 1 heterocycles. The fourth-order valence-electron chi connectivity index (χ4n) is 3.30. The number of ether oxygens (including phenoxy) is 1. The van der Waals surface area contributed by atoms with Crippen LogP contribution in [-0.4, -0.2) is 31.8 Å². The number of hydrogen-bond donors (Lipinski definition) is 2. The highest BCUT2D eigenvalue weighted by molar-refractivity contribution is 8.00. The van der Waals surface area contributed by atoms with E-state index in [1.165, 1.54) is 11.8 Å². The van der Waals surface area contributed by atoms with Crippen molar-refractivity contribution in [2.75, 3.05) is 0 Å². The number of nitrogens with one attached hydrogen (secondary N) is 2. The van der Waals surface area contributed by atoms with Crippen LogP contribution in [0.4, 0.5) is 0 Å². The topological polar surface area (TPSA) is 98.1 Å². The number of thioether (sulfide) groups is 1. The molecule has 0 aliphatic rings. The lowest BCUT2D eigenvalue weighted by Crippen LogP contribution is -2.45. The van der Waals surface area contributed by atoms with Crippen LogP contribution in [0.1, 0.15) is 34.2 Å². The summed E-state index contributed by atoms with van der Waals surface area (Å²) in [5, 5.41) is 8.63. The molecular weight excluding hydrogens is 474 g/mol. The van der Waals surface area contributed by atoms with Crippen LogP contribution >= 0.6 is 11.8 Å². The number of amides is 2. The summed E-state index contributed by atoms with van der Waals surface area (Å²) in [4.78, 5) is 25.0. The first-order valence-electron chi connectivity index (χ1n) is 11.4. The van der Waals surface area contributed by atoms with Gasteiger partial charge in [-0.15, -0.1) is 10.2 Å². The maximum atomic E-state index is 12.7. The van der Waals surface area contributed by atoms with Gasteiger partial charge in [0, 0.05) is 11.3 Å². The second kappa shape index (κ2) is 11.5. The van der Waals surface area contributed by atoms with Gasteiger partial charge in [-0.05, 0) is 57.2 Å². The van der Waals surface area contributed by atoms with Gasteiger partial charge < -0.3 is 4.74 Å². The summed E-state index contributed by atoms with van der Waals surface area (Å²) in [5.74, 6) is 0.586. The summed E-state index contributed by atoms with van der Waals surface area (Å²) >= 11 is 1.24. The first kappa shape index (κ1) is 25.0. The van der Waals surface area contributed by atoms with Gasteiger partial charge in [0.2, 0.25) is 0 Å². The van der Waals surface area contributed by atoms with Gasteiger partial charge in [-0.25, -0.2) is 0 Å². The monoisotopic (exact) mass is 501 g/mol. The largest absolute Gasteiger partial charge is 0.486 e. The molecule has 0 spiro atoms. The number of para-hydroxylation sites is 1. The summed E-state index contributed by atoms with van der Waals surface area (Å²) in [6, 6.07) is 24.5. The molecule has 2 amide bonds. The Morgan fingerprint density at radius 1 is 0.889 bits per heavy atom. The minimum absolute atomic E-state index is 0.207. The van der Waals surface area contributed by atoms with E-state index in [0.717, 1.165) is 22.6 Å². The predicted molar refractivity (Wildman–Crippen MR) is 139 cm³/mol. The molecule has 0 fully saturated rings. The molecular formula is C27H27N5O3S. The lowest BCUT2D eigenvalue weighted by molar-refractivity contribution is -0.121. The third-order valence-corrected chi connectivity index (χ3v) is 6.41. The Morgan fingerprint density at radius 2 is 1.53 bits per heavy atom. The summed E-state index contributed by atoms with van der Waals surface area (Å²) in [5.41, 5.74) is 8.47. The Kier molecular flexibility index (Phi) is 8.02. The van der Waals surface area contributed by atoms with E-state index >= 15 is 0 Å². The van der Waals surface area contributed by atoms with Crippen LogP contribution in [0.5, 0.6) is 5.75 Å². The van der Waals surface area contributed by atoms with Gasteiger partial charge in [-0.1, -0.05) is 65.4 Å². The summed E-state index contributed by atoms with van der Waals surface area (Å²) in [6.45, 7) is 5.91. The first-order chi connectivity index (χ1) is 17.4. The average Bonchev–Trinajstić information content (AvgIpc) is 3.29. The number of hydrazine groups is 1. The summed E-state index contributed by atoms with van der Waals surface area (Å²) in [7, 11) is 0. The van der Waals surface area contributed by atoms with Gasteiger partial charge >= 0.3 is 0 Å². The second-order valence-corrected chi connectivity index (χ2v) is 9.55. The second-order valence-electron chi connectivity index (χ2n) is 8.24. The molecule has 0 bridgehead atoms. The normalized spacial score (nSPS) is 11.5. The zero-order chi connectivity index (χ0) is 25.5. The maximum Gasteiger partial charge on any atom is 0.269 e. The maximum absolute atomic E-state index is 12.7. The van der Waals surface area contributed by atoms with Crippen molar-refractivity contribution in [3.8, 4) is 11.4 Å². The number of benzene rings is 3. The number of carbonyl (C=O) groups excluding carboxylic acids is 2. The van der Waals surface area contributed by atoms with E-state index in [9.17, 15) is 9.59 Å². The van der Waals surface area contributed by atoms with Gasteiger partial charge in [0.05, 0.1) is 5.25 Å². The Hall–Kier alpha value is -4.11. The van der Waals surface area contributed by atoms with Crippen LogP contribution in [0, 0.1) is 13.8 Å². The summed E-state index contributed by atoms with van der Waals surface area (Å²) in [6.07, 6.45) is 0. The highest BCUT2D eigenvalue weighted by Gasteiger charge is 2.22. The number of rotatable bonds is 8. The molecule has 8 nitrogen and oxygen atoms in total. The van der Waals surface area contributed by atoms with Crippen LogP contribution < -0.4 is 15.6 Å². The predicted octanol–water partition coefficient (Wildman–Crippen LogP) is 4.40. The third kappa shape index (κ3) is 6.31. The van der Waals surface area contributed by atoms with Crippen molar-refractivity contribution in [3.05, 3.63) is 101 Å². The van der Waals surface area contributed by atoms with E-state index in [2.05, 4.69) is 21.0 Å². The van der Waals surface area contributed by atoms with Gasteiger partial charge in [-0.2, -0.15) is 0 Å². The van der Waals surface area contributed by atoms with Gasteiger partial charge in [0.15, 0.2) is 11.0 Å². The average molecular weight is 502 g/mol. The number of nitrogens with zero attached hydrogens (tertiary/aromatic N) is 3. The Morgan fingerprint density at radius 3 is 2.19 bits per heavy atom. The molecule has 9 heteroatoms. The molecule has 0 aliphatic heterocycles. The van der Waals surface area contributed by atoms with Crippen LogP contribution in [0.2, 0.25) is 0 Å². The number of carbonyl (C=O) groups is 2. The van der Waals surface area contributed by atoms with Crippen molar-refractivity contribution in [3.63, 3.8) is 0 Å². The van der Waals surface area contributed by atoms with Crippen molar-refractivity contribution in [2.24, 2.45) is 0 Å². The van der Waals surface area contributed by atoms with E-state index in [0.29, 0.717) is 16.5 Å². The van der Waals surface area contributed by atoms with Crippen molar-refractivity contribution in [1.29, 1.82) is 0 Å². The molecule has 0 radical (unpaired) electrons. The molecule has 1 aromatic heterocycles. The standard InChI is InChI=1S/C27H27N5O3S/c1-18-9-13-21(14-10-18)26(34)30-29-25(33)20(3)36-27-31-28-24(32(27)22-7-5-4-6-8-22)17-35-23-15-11-19(2)12-16-23/h4-16,20H,17H2,1-3H3,(H,29,33)(H,30,34). The van der Waals surface area contributed by atoms with Gasteiger partial charge in [0.25, 0.3) is 11.8 Å². The van der Waals surface area contributed by atoms with E-state index in [1.807, 2.05) is 85.1 Å². The number of aromatic nitrogens is 3. The van der Waals surface area contributed by atoms with Crippen LogP contribution in [0.15, 0.2) is 84.0 Å². The van der Waals surface area contributed by atoms with Crippen molar-refractivity contribution < 1.29 is 14.3 Å². The Balaban J connectivity index is 1.44. The van der Waals surface area contributed by atoms with Gasteiger partial charge in [-0.3, -0.25) is 25.0 Å². The molecule has 36 heavy (non-hydrogen) atoms. The fourth-order valence-corrected chi connectivity index (χ4v) is 4.18. The molecule has 4 rings (SSSR count). The fraction of sp³-hybridized carbons (Fsp3) is 0.185. The van der Waals surface area contributed by atoms with E-state index < -0.39 is 5.25 Å². The molecule has 1 atom stereocenters. The zero-order valence-electron chi connectivity index (χ0n) is 20.3. The smallest absolute Gasteiger partial charge is 0.269 e. The Labute approximate surface area is 214 Å². The highest BCUT2D eigenvalue weighted by Crippen LogP contribution is 2.26. The molecule has 0 aliphatic carbocycles. The molecule has 0 saturated heterocycles. The number of aryl methyl sites for hydroxylation is 2. The first-order valence-corrected chi connectivity index (χ1v) is 12.3. The molecule has 0 saturated carbocycles. The minimum atomic E-state index is -0.555. The van der Waals surface area contributed by atoms with E-state index in [1.54, 1.807) is 19.1 Å². The van der Waals surface area contributed by atoms with Crippen LogP contribution in [0.25, 0.3) is 5.69 Å². The lowest BCUT2D eigenvalue weighted by Gasteiger charge is -2.14.